The Hall–Kier alpha value is -4.91. The van der Waals surface area contributed by atoms with Crippen molar-refractivity contribution in [3.63, 3.8) is 0 Å². The summed E-state index contributed by atoms with van der Waals surface area (Å²) in [6, 6.07) is 31.9. The fraction of sp³-hybridized carbons (Fsp3) is 0.308. The number of carbonyl (C=O) groups is 3. The van der Waals surface area contributed by atoms with E-state index >= 15 is 0 Å². The number of aliphatic carboxylic acids is 1. The summed E-state index contributed by atoms with van der Waals surface area (Å²) in [7, 11) is 0. The molecule has 0 aliphatic heterocycles. The first-order valence-electron chi connectivity index (χ1n) is 16.2. The molecular weight excluding hydrogens is 576 g/mol. The average Bonchev–Trinajstić information content (AvgIpc) is 3.09. The van der Waals surface area contributed by atoms with E-state index in [4.69, 9.17) is 4.74 Å². The fourth-order valence-electron chi connectivity index (χ4n) is 5.35. The number of carbonyl (C=O) groups excluding carboxylic acids is 2. The quantitative estimate of drug-likeness (QED) is 0.0811. The Bertz CT molecular complexity index is 1520. The molecule has 1 atom stereocenters. The highest BCUT2D eigenvalue weighted by Crippen LogP contribution is 2.22. The summed E-state index contributed by atoms with van der Waals surface area (Å²) < 4.78 is 6.00. The Morgan fingerprint density at radius 2 is 1.39 bits per heavy atom. The first-order valence-corrected chi connectivity index (χ1v) is 16.2. The molecule has 7 heteroatoms. The molecule has 0 aromatic heterocycles. The number of anilines is 2. The van der Waals surface area contributed by atoms with Crippen LogP contribution in [0.2, 0.25) is 0 Å². The Balaban J connectivity index is 1.33. The molecule has 0 saturated carbocycles. The number of ether oxygens (including phenoxy) is 1. The van der Waals surface area contributed by atoms with Crippen LogP contribution in [0.5, 0.6) is 5.75 Å². The van der Waals surface area contributed by atoms with Gasteiger partial charge in [0, 0.05) is 35.3 Å². The molecule has 0 aliphatic carbocycles. The average molecular weight is 621 g/mol. The second-order valence-electron chi connectivity index (χ2n) is 11.4. The van der Waals surface area contributed by atoms with E-state index in [1.165, 1.54) is 19.3 Å². The SMILES string of the molecule is CCCCCCCCC(=O)N(CCOc1ccc(CC(Nc2ccccc2C(=O)c2ccccc2)C(=O)O)cc1)c1ccccc1. The number of hydrogen-bond donors (Lipinski definition) is 2. The summed E-state index contributed by atoms with van der Waals surface area (Å²) >= 11 is 0. The topological polar surface area (TPSA) is 95.9 Å². The van der Waals surface area contributed by atoms with Gasteiger partial charge in [-0.25, -0.2) is 4.79 Å². The Kier molecular flexibility index (Phi) is 13.4. The summed E-state index contributed by atoms with van der Waals surface area (Å²) in [5, 5.41) is 13.1. The van der Waals surface area contributed by atoms with Crippen LogP contribution in [-0.2, 0) is 16.0 Å². The second kappa shape index (κ2) is 18.2. The van der Waals surface area contributed by atoms with E-state index in [-0.39, 0.29) is 18.1 Å². The number of nitrogens with one attached hydrogen (secondary N) is 1. The van der Waals surface area contributed by atoms with E-state index in [0.717, 1.165) is 30.5 Å². The van der Waals surface area contributed by atoms with Crippen molar-refractivity contribution < 1.29 is 24.2 Å². The zero-order valence-electron chi connectivity index (χ0n) is 26.6. The molecule has 2 N–H and O–H groups in total. The minimum Gasteiger partial charge on any atom is -0.492 e. The van der Waals surface area contributed by atoms with Crippen LogP contribution in [0.3, 0.4) is 0 Å². The number of rotatable bonds is 19. The normalized spacial score (nSPS) is 11.4. The highest BCUT2D eigenvalue weighted by molar-refractivity contribution is 6.12. The number of ketones is 1. The minimum atomic E-state index is -1.02. The van der Waals surface area contributed by atoms with Crippen LogP contribution in [0.1, 0.15) is 73.4 Å². The molecule has 0 heterocycles. The van der Waals surface area contributed by atoms with Crippen LogP contribution in [0, 0.1) is 0 Å². The zero-order valence-corrected chi connectivity index (χ0v) is 26.6. The number of nitrogens with zero attached hydrogens (tertiary/aromatic N) is 1. The van der Waals surface area contributed by atoms with Crippen molar-refractivity contribution in [2.45, 2.75) is 64.3 Å². The molecule has 4 aromatic carbocycles. The summed E-state index contributed by atoms with van der Waals surface area (Å²) in [6.07, 6.45) is 7.50. The molecule has 7 nitrogen and oxygen atoms in total. The summed E-state index contributed by atoms with van der Waals surface area (Å²) in [5.41, 5.74) is 3.08. The molecule has 0 spiro atoms. The lowest BCUT2D eigenvalue weighted by molar-refractivity contribution is -0.137. The first kappa shape index (κ1) is 34.0. The van der Waals surface area contributed by atoms with Crippen molar-refractivity contribution in [2.24, 2.45) is 0 Å². The van der Waals surface area contributed by atoms with Gasteiger partial charge < -0.3 is 20.1 Å². The van der Waals surface area contributed by atoms with Gasteiger partial charge in [-0.1, -0.05) is 112 Å². The minimum absolute atomic E-state index is 0.0971. The van der Waals surface area contributed by atoms with E-state index in [9.17, 15) is 19.5 Å². The molecule has 0 aliphatic rings. The van der Waals surface area contributed by atoms with Gasteiger partial charge in [-0.15, -0.1) is 0 Å². The maximum absolute atomic E-state index is 13.1. The van der Waals surface area contributed by atoms with Crippen molar-refractivity contribution >= 4 is 29.0 Å². The smallest absolute Gasteiger partial charge is 0.326 e. The number of amides is 1. The Morgan fingerprint density at radius 1 is 0.761 bits per heavy atom. The van der Waals surface area contributed by atoms with Crippen molar-refractivity contribution in [1.82, 2.24) is 0 Å². The van der Waals surface area contributed by atoms with Gasteiger partial charge in [0.1, 0.15) is 18.4 Å². The predicted octanol–water partition coefficient (Wildman–Crippen LogP) is 8.19. The first-order chi connectivity index (χ1) is 22.5. The number of hydrogen-bond acceptors (Lipinski definition) is 5. The lowest BCUT2D eigenvalue weighted by atomic mass is 10.00. The van der Waals surface area contributed by atoms with Crippen LogP contribution >= 0.6 is 0 Å². The number of unbranched alkanes of at least 4 members (excludes halogenated alkanes) is 5. The molecule has 1 unspecified atom stereocenters. The standard InChI is InChI=1S/C39H44N2O5/c1-2-3-4-5-6-13-22-37(42)41(32-18-11-8-12-19-32)27-28-46-33-25-23-30(24-26-33)29-36(39(44)45)40-35-21-15-14-20-34(35)38(43)31-16-9-7-10-17-31/h7-12,14-21,23-26,36,40H,2-6,13,22,27-29H2,1H3,(H,44,45). The summed E-state index contributed by atoms with van der Waals surface area (Å²) in [6.45, 7) is 2.94. The van der Waals surface area contributed by atoms with E-state index in [1.807, 2.05) is 60.7 Å². The highest BCUT2D eigenvalue weighted by atomic mass is 16.5. The van der Waals surface area contributed by atoms with Gasteiger partial charge in [0.25, 0.3) is 0 Å². The van der Waals surface area contributed by atoms with E-state index < -0.39 is 12.0 Å². The molecule has 1 amide bonds. The van der Waals surface area contributed by atoms with Crippen LogP contribution in [0.4, 0.5) is 11.4 Å². The Labute approximate surface area is 272 Å². The molecule has 0 bridgehead atoms. The van der Waals surface area contributed by atoms with Crippen LogP contribution in [0.15, 0.2) is 109 Å². The van der Waals surface area contributed by atoms with Crippen molar-refractivity contribution in [3.05, 3.63) is 126 Å². The van der Waals surface area contributed by atoms with Crippen LogP contribution in [-0.4, -0.2) is 42.0 Å². The molecule has 240 valence electrons. The number of carboxylic acid groups (broad SMARTS) is 1. The molecule has 0 saturated heterocycles. The largest absolute Gasteiger partial charge is 0.492 e. The van der Waals surface area contributed by atoms with Crippen molar-refractivity contribution in [3.8, 4) is 5.75 Å². The molecule has 0 fully saturated rings. The second-order valence-corrected chi connectivity index (χ2v) is 11.4. The predicted molar refractivity (Wildman–Crippen MR) is 184 cm³/mol. The van der Waals surface area contributed by atoms with Gasteiger partial charge in [-0.05, 0) is 48.4 Å². The lowest BCUT2D eigenvalue weighted by Crippen LogP contribution is -2.34. The van der Waals surface area contributed by atoms with Gasteiger partial charge in [0.15, 0.2) is 5.78 Å². The van der Waals surface area contributed by atoms with Gasteiger partial charge in [-0.3, -0.25) is 9.59 Å². The molecular formula is C39H44N2O5. The van der Waals surface area contributed by atoms with E-state index in [0.29, 0.717) is 42.1 Å². The molecule has 46 heavy (non-hydrogen) atoms. The van der Waals surface area contributed by atoms with Gasteiger partial charge >= 0.3 is 5.97 Å². The number of carboxylic acids is 1. The van der Waals surface area contributed by atoms with Crippen LogP contribution < -0.4 is 15.0 Å². The van der Waals surface area contributed by atoms with Gasteiger partial charge in [0.05, 0.1) is 6.54 Å². The molecule has 4 rings (SSSR count). The Morgan fingerprint density at radius 3 is 2.09 bits per heavy atom. The van der Waals surface area contributed by atoms with Crippen LogP contribution in [0.25, 0.3) is 0 Å². The maximum atomic E-state index is 13.1. The third-order valence-corrected chi connectivity index (χ3v) is 7.90. The van der Waals surface area contributed by atoms with E-state index in [1.54, 1.807) is 53.4 Å². The van der Waals surface area contributed by atoms with Crippen molar-refractivity contribution in [2.75, 3.05) is 23.4 Å². The monoisotopic (exact) mass is 620 g/mol. The lowest BCUT2D eigenvalue weighted by Gasteiger charge is -2.23. The van der Waals surface area contributed by atoms with Gasteiger partial charge in [0.2, 0.25) is 5.91 Å². The van der Waals surface area contributed by atoms with Gasteiger partial charge in [-0.2, -0.15) is 0 Å². The maximum Gasteiger partial charge on any atom is 0.326 e. The molecule has 4 aromatic rings. The third kappa shape index (κ3) is 10.3. The highest BCUT2D eigenvalue weighted by Gasteiger charge is 2.21. The number of para-hydroxylation sites is 2. The summed E-state index contributed by atoms with van der Waals surface area (Å²) in [5.74, 6) is -0.461. The zero-order chi connectivity index (χ0) is 32.6. The number of benzene rings is 4. The third-order valence-electron chi connectivity index (χ3n) is 7.90. The summed E-state index contributed by atoms with van der Waals surface area (Å²) in [4.78, 5) is 40.3. The van der Waals surface area contributed by atoms with E-state index in [2.05, 4.69) is 12.2 Å². The molecule has 0 radical (unpaired) electrons. The van der Waals surface area contributed by atoms with Crippen molar-refractivity contribution in [1.29, 1.82) is 0 Å². The fourth-order valence-corrected chi connectivity index (χ4v) is 5.35.